The van der Waals surface area contributed by atoms with E-state index in [-0.39, 0.29) is 36.2 Å². The van der Waals surface area contributed by atoms with E-state index in [1.165, 1.54) is 89.9 Å². The highest BCUT2D eigenvalue weighted by Gasteiger charge is 2.31. The standard InChI is InChI=1S/C44H81NO7/c1-6-8-10-12-14-16-18-19-20-21-22-23-24-25-27-28-30-32-34-42(46)51-39-40(38-50-37-36-41(44(48)49)45(3,4)5)52-43(47)35-33-31-29-26-17-15-13-11-9-7-2/h13,15,22-23,40-41H,6-12,14,16-21,24-39H2,1-5H3/p+1/b15-13+,23-22+. The van der Waals surface area contributed by atoms with E-state index in [1.807, 2.05) is 21.1 Å². The first-order chi connectivity index (χ1) is 25.1. The number of nitrogens with zero attached hydrogens (tertiary/aromatic N) is 1. The summed E-state index contributed by atoms with van der Waals surface area (Å²) >= 11 is 0. The third kappa shape index (κ3) is 33.6. The molecule has 0 aliphatic rings. The molecule has 0 amide bonds. The van der Waals surface area contributed by atoms with Gasteiger partial charge in [-0.2, -0.15) is 0 Å². The van der Waals surface area contributed by atoms with Gasteiger partial charge in [0.2, 0.25) is 0 Å². The molecule has 0 fully saturated rings. The number of allylic oxidation sites excluding steroid dienone is 4. The molecule has 52 heavy (non-hydrogen) atoms. The van der Waals surface area contributed by atoms with Crippen molar-refractivity contribution >= 4 is 17.9 Å². The third-order valence-electron chi connectivity index (χ3n) is 9.57. The molecule has 0 bridgehead atoms. The lowest BCUT2D eigenvalue weighted by atomic mass is 10.1. The van der Waals surface area contributed by atoms with E-state index in [1.54, 1.807) is 0 Å². The van der Waals surface area contributed by atoms with Gasteiger partial charge in [-0.05, 0) is 57.8 Å². The van der Waals surface area contributed by atoms with E-state index < -0.39 is 18.1 Å². The van der Waals surface area contributed by atoms with E-state index in [9.17, 15) is 19.5 Å². The zero-order chi connectivity index (χ0) is 38.5. The van der Waals surface area contributed by atoms with Crippen molar-refractivity contribution in [1.82, 2.24) is 0 Å². The number of hydrogen-bond donors (Lipinski definition) is 1. The van der Waals surface area contributed by atoms with Crippen molar-refractivity contribution in [3.63, 3.8) is 0 Å². The molecule has 0 saturated carbocycles. The van der Waals surface area contributed by atoms with E-state index >= 15 is 0 Å². The molecule has 0 rings (SSSR count). The van der Waals surface area contributed by atoms with Crippen molar-refractivity contribution in [2.45, 2.75) is 199 Å². The first kappa shape index (κ1) is 49.8. The molecule has 8 heteroatoms. The highest BCUT2D eigenvalue weighted by atomic mass is 16.6. The van der Waals surface area contributed by atoms with Crippen molar-refractivity contribution < 1.29 is 38.2 Å². The fraction of sp³-hybridized carbons (Fsp3) is 0.841. The maximum absolute atomic E-state index is 12.6. The van der Waals surface area contributed by atoms with Crippen molar-refractivity contribution in [3.8, 4) is 0 Å². The molecule has 0 spiro atoms. The molecule has 0 aromatic rings. The quantitative estimate of drug-likeness (QED) is 0.0291. The molecule has 0 radical (unpaired) electrons. The minimum absolute atomic E-state index is 0.0561. The smallest absolute Gasteiger partial charge is 0.362 e. The van der Waals surface area contributed by atoms with Gasteiger partial charge in [-0.3, -0.25) is 9.59 Å². The first-order valence-corrected chi connectivity index (χ1v) is 21.4. The summed E-state index contributed by atoms with van der Waals surface area (Å²) in [6.07, 6.45) is 38.0. The molecule has 2 atom stereocenters. The Morgan fingerprint density at radius 1 is 0.558 bits per heavy atom. The van der Waals surface area contributed by atoms with Crippen LogP contribution in [0.1, 0.15) is 187 Å². The number of quaternary nitrogens is 1. The molecule has 0 heterocycles. The molecule has 0 aliphatic heterocycles. The summed E-state index contributed by atoms with van der Waals surface area (Å²) < 4.78 is 17.2. The predicted molar refractivity (Wildman–Crippen MR) is 215 cm³/mol. The summed E-state index contributed by atoms with van der Waals surface area (Å²) in [5.41, 5.74) is 0. The zero-order valence-electron chi connectivity index (χ0n) is 34.5. The van der Waals surface area contributed by atoms with Crippen LogP contribution in [0, 0.1) is 0 Å². The summed E-state index contributed by atoms with van der Waals surface area (Å²) in [4.78, 5) is 36.8. The number of hydrogen-bond acceptors (Lipinski definition) is 6. The van der Waals surface area contributed by atoms with Crippen LogP contribution in [0.15, 0.2) is 24.3 Å². The average Bonchev–Trinajstić information content (AvgIpc) is 3.09. The molecule has 0 aromatic heterocycles. The minimum Gasteiger partial charge on any atom is -0.477 e. The lowest BCUT2D eigenvalue weighted by Crippen LogP contribution is -2.50. The lowest BCUT2D eigenvalue weighted by molar-refractivity contribution is -0.887. The van der Waals surface area contributed by atoms with E-state index in [2.05, 4.69) is 38.2 Å². The Bertz CT molecular complexity index is 911. The molecule has 0 aliphatic carbocycles. The topological polar surface area (TPSA) is 99.1 Å². The van der Waals surface area contributed by atoms with Crippen LogP contribution in [-0.2, 0) is 28.6 Å². The summed E-state index contributed by atoms with van der Waals surface area (Å²) in [5, 5.41) is 9.59. The lowest BCUT2D eigenvalue weighted by Gasteiger charge is -2.31. The number of esters is 2. The number of carboxylic acids is 1. The van der Waals surface area contributed by atoms with Gasteiger partial charge in [-0.15, -0.1) is 0 Å². The van der Waals surface area contributed by atoms with Crippen LogP contribution < -0.4 is 0 Å². The zero-order valence-corrected chi connectivity index (χ0v) is 34.5. The van der Waals surface area contributed by atoms with Crippen LogP contribution in [0.25, 0.3) is 0 Å². The summed E-state index contributed by atoms with van der Waals surface area (Å²) in [5.74, 6) is -1.49. The van der Waals surface area contributed by atoms with Gasteiger partial charge in [0.25, 0.3) is 0 Å². The Labute approximate surface area is 320 Å². The second-order valence-corrected chi connectivity index (χ2v) is 15.6. The second kappa shape index (κ2) is 35.8. The van der Waals surface area contributed by atoms with Crippen molar-refractivity contribution in [3.05, 3.63) is 24.3 Å². The van der Waals surface area contributed by atoms with Crippen LogP contribution in [0.5, 0.6) is 0 Å². The summed E-state index contributed by atoms with van der Waals surface area (Å²) in [6.45, 7) is 4.67. The minimum atomic E-state index is -0.878. The van der Waals surface area contributed by atoms with Crippen LogP contribution >= 0.6 is 0 Å². The van der Waals surface area contributed by atoms with E-state index in [0.29, 0.717) is 19.3 Å². The summed E-state index contributed by atoms with van der Waals surface area (Å²) in [6, 6.07) is -0.614. The highest BCUT2D eigenvalue weighted by Crippen LogP contribution is 2.14. The third-order valence-corrected chi connectivity index (χ3v) is 9.57. The molecule has 0 saturated heterocycles. The Morgan fingerprint density at radius 2 is 0.981 bits per heavy atom. The van der Waals surface area contributed by atoms with Crippen LogP contribution in [0.4, 0.5) is 0 Å². The SMILES string of the molecule is CCCC/C=C/CCCCCCC(=O)OC(COCCC(C(=O)O)[N+](C)(C)C)COC(=O)CCCCCCC/C=C/CCCCCCCCCCC. The Morgan fingerprint density at radius 3 is 1.44 bits per heavy atom. The number of aliphatic carboxylic acids is 1. The average molecular weight is 737 g/mol. The van der Waals surface area contributed by atoms with E-state index in [4.69, 9.17) is 14.2 Å². The number of unbranched alkanes of at least 4 members (excludes halogenated alkanes) is 20. The molecule has 0 aromatic carbocycles. The fourth-order valence-electron chi connectivity index (χ4n) is 6.18. The van der Waals surface area contributed by atoms with Gasteiger partial charge in [-0.1, -0.05) is 134 Å². The fourth-order valence-corrected chi connectivity index (χ4v) is 6.18. The summed E-state index contributed by atoms with van der Waals surface area (Å²) in [7, 11) is 5.51. The van der Waals surface area contributed by atoms with Crippen molar-refractivity contribution in [2.75, 3.05) is 41.0 Å². The number of ether oxygens (including phenoxy) is 3. The van der Waals surface area contributed by atoms with Gasteiger partial charge in [0.15, 0.2) is 12.1 Å². The molecule has 304 valence electrons. The number of likely N-dealkylation sites (N-methyl/N-ethyl adjacent to an activating group) is 1. The number of carboxylic acid groups (broad SMARTS) is 1. The maximum atomic E-state index is 12.6. The number of carbonyl (C=O) groups excluding carboxylic acids is 2. The van der Waals surface area contributed by atoms with Crippen molar-refractivity contribution in [1.29, 1.82) is 0 Å². The van der Waals surface area contributed by atoms with Gasteiger partial charge in [0.1, 0.15) is 6.61 Å². The largest absolute Gasteiger partial charge is 0.477 e. The van der Waals surface area contributed by atoms with Crippen LogP contribution in [0.2, 0.25) is 0 Å². The molecule has 1 N–H and O–H groups in total. The van der Waals surface area contributed by atoms with Crippen LogP contribution in [0.3, 0.4) is 0 Å². The Balaban J connectivity index is 4.30. The van der Waals surface area contributed by atoms with Crippen molar-refractivity contribution in [2.24, 2.45) is 0 Å². The maximum Gasteiger partial charge on any atom is 0.362 e. The van der Waals surface area contributed by atoms with Gasteiger partial charge in [0.05, 0.1) is 34.4 Å². The second-order valence-electron chi connectivity index (χ2n) is 15.6. The number of carbonyl (C=O) groups is 3. The predicted octanol–water partition coefficient (Wildman–Crippen LogP) is 11.3. The first-order valence-electron chi connectivity index (χ1n) is 21.4. The number of rotatable bonds is 38. The van der Waals surface area contributed by atoms with Gasteiger partial charge < -0.3 is 23.8 Å². The van der Waals surface area contributed by atoms with Crippen LogP contribution in [-0.4, -0.2) is 80.6 Å². The molecule has 2 unspecified atom stereocenters. The van der Waals surface area contributed by atoms with Gasteiger partial charge in [0, 0.05) is 19.3 Å². The Hall–Kier alpha value is -2.19. The normalized spacial score (nSPS) is 13.2. The molecular formula is C44H82NO7+. The Kier molecular flexibility index (Phi) is 34.3. The molecular weight excluding hydrogens is 654 g/mol. The van der Waals surface area contributed by atoms with E-state index in [0.717, 1.165) is 64.2 Å². The monoisotopic (exact) mass is 737 g/mol. The van der Waals surface area contributed by atoms with Gasteiger partial charge >= 0.3 is 17.9 Å². The highest BCUT2D eigenvalue weighted by molar-refractivity contribution is 5.72. The molecule has 8 nitrogen and oxygen atoms in total. The van der Waals surface area contributed by atoms with Gasteiger partial charge in [-0.25, -0.2) is 4.79 Å².